The van der Waals surface area contributed by atoms with E-state index in [9.17, 15) is 9.59 Å². The quantitative estimate of drug-likeness (QED) is 0.587. The molecule has 1 amide bonds. The number of amides is 1. The van der Waals surface area contributed by atoms with E-state index in [4.69, 9.17) is 25.4 Å². The summed E-state index contributed by atoms with van der Waals surface area (Å²) in [6.07, 6.45) is 5.01. The number of benzene rings is 1. The summed E-state index contributed by atoms with van der Waals surface area (Å²) in [4.78, 5) is 23.4. The predicted octanol–water partition coefficient (Wildman–Crippen LogP) is 0.619. The summed E-state index contributed by atoms with van der Waals surface area (Å²) in [6.45, 7) is -0.381. The molecule has 0 saturated heterocycles. The summed E-state index contributed by atoms with van der Waals surface area (Å²) in [5.74, 6) is 2.01. The summed E-state index contributed by atoms with van der Waals surface area (Å²) < 4.78 is 20.3. The number of rotatable bonds is 7. The monoisotopic (exact) mass is 307 g/mol. The Morgan fingerprint density at radius 1 is 1.09 bits per heavy atom. The summed E-state index contributed by atoms with van der Waals surface area (Å²) in [5.41, 5.74) is 0.116. The van der Waals surface area contributed by atoms with Crippen molar-refractivity contribution in [2.45, 2.75) is 0 Å². The number of carbonyl (C=O) groups is 2. The van der Waals surface area contributed by atoms with Crippen molar-refractivity contribution in [1.29, 1.82) is 0 Å². The zero-order valence-electron chi connectivity index (χ0n) is 12.6. The fourth-order valence-electron chi connectivity index (χ4n) is 1.60. The van der Waals surface area contributed by atoms with E-state index in [1.54, 1.807) is 0 Å². The molecule has 0 unspecified atom stereocenters. The Labute approximate surface area is 128 Å². The molecule has 0 atom stereocenters. The highest BCUT2D eigenvalue weighted by Crippen LogP contribution is 2.34. The average molecular weight is 307 g/mol. The van der Waals surface area contributed by atoms with Gasteiger partial charge in [0.25, 0.3) is 5.91 Å². The molecular formula is C15H17NO6. The van der Waals surface area contributed by atoms with Gasteiger partial charge in [-0.25, -0.2) is 4.79 Å². The third-order valence-corrected chi connectivity index (χ3v) is 2.65. The molecule has 0 saturated carbocycles. The molecule has 0 aliphatic heterocycles. The Morgan fingerprint density at radius 2 is 1.68 bits per heavy atom. The molecule has 0 heterocycles. The van der Waals surface area contributed by atoms with E-state index in [1.807, 2.05) is 0 Å². The summed E-state index contributed by atoms with van der Waals surface area (Å²) in [6, 6.07) is 2.91. The van der Waals surface area contributed by atoms with E-state index in [0.29, 0.717) is 11.5 Å². The van der Waals surface area contributed by atoms with Gasteiger partial charge < -0.3 is 24.3 Å². The maximum atomic E-state index is 12.1. The van der Waals surface area contributed by atoms with Crippen LogP contribution in [0.15, 0.2) is 12.1 Å². The number of terminal acetylenes is 1. The van der Waals surface area contributed by atoms with Gasteiger partial charge in [-0.3, -0.25) is 4.79 Å². The first-order valence-corrected chi connectivity index (χ1v) is 6.24. The van der Waals surface area contributed by atoms with Crippen molar-refractivity contribution in [3.05, 3.63) is 17.7 Å². The van der Waals surface area contributed by atoms with Crippen LogP contribution >= 0.6 is 0 Å². The van der Waals surface area contributed by atoms with Crippen molar-refractivity contribution in [3.63, 3.8) is 0 Å². The molecule has 0 aromatic heterocycles. The van der Waals surface area contributed by atoms with Gasteiger partial charge in [0.2, 0.25) is 0 Å². The van der Waals surface area contributed by atoms with E-state index in [-0.39, 0.29) is 17.9 Å². The van der Waals surface area contributed by atoms with E-state index < -0.39 is 18.5 Å². The van der Waals surface area contributed by atoms with Crippen LogP contribution in [0.1, 0.15) is 10.4 Å². The second-order valence-corrected chi connectivity index (χ2v) is 3.96. The number of carbonyl (C=O) groups excluding carboxylic acids is 2. The lowest BCUT2D eigenvalue weighted by Gasteiger charge is -2.13. The van der Waals surface area contributed by atoms with Gasteiger partial charge in [0, 0.05) is 12.1 Å². The molecule has 22 heavy (non-hydrogen) atoms. The molecule has 7 nitrogen and oxygen atoms in total. The van der Waals surface area contributed by atoms with Crippen LogP contribution < -0.4 is 19.5 Å². The summed E-state index contributed by atoms with van der Waals surface area (Å²) in [7, 11) is 4.30. The van der Waals surface area contributed by atoms with E-state index in [2.05, 4.69) is 11.2 Å². The van der Waals surface area contributed by atoms with Crippen molar-refractivity contribution in [1.82, 2.24) is 5.32 Å². The zero-order valence-corrected chi connectivity index (χ0v) is 12.6. The van der Waals surface area contributed by atoms with Crippen molar-refractivity contribution >= 4 is 11.9 Å². The second-order valence-electron chi connectivity index (χ2n) is 3.96. The van der Waals surface area contributed by atoms with Crippen molar-refractivity contribution in [2.24, 2.45) is 0 Å². The Bertz CT molecular complexity index is 590. The van der Waals surface area contributed by atoms with Gasteiger partial charge in [-0.05, 0) is 0 Å². The van der Waals surface area contributed by atoms with Gasteiger partial charge in [-0.1, -0.05) is 5.92 Å². The number of nitrogens with one attached hydrogen (secondary N) is 1. The van der Waals surface area contributed by atoms with Crippen molar-refractivity contribution in [3.8, 4) is 29.6 Å². The minimum Gasteiger partial charge on any atom is -0.496 e. The Hall–Kier alpha value is -2.88. The van der Waals surface area contributed by atoms with Crippen LogP contribution in [0.4, 0.5) is 0 Å². The Balaban J connectivity index is 2.88. The molecule has 0 bridgehead atoms. The van der Waals surface area contributed by atoms with Crippen LogP contribution in [0, 0.1) is 12.3 Å². The highest BCUT2D eigenvalue weighted by molar-refractivity contribution is 5.95. The van der Waals surface area contributed by atoms with Gasteiger partial charge in [-0.2, -0.15) is 0 Å². The van der Waals surface area contributed by atoms with Gasteiger partial charge in [0.05, 0.1) is 27.9 Å². The van der Waals surface area contributed by atoms with Crippen LogP contribution in [0.25, 0.3) is 0 Å². The lowest BCUT2D eigenvalue weighted by Crippen LogP contribution is -2.29. The average Bonchev–Trinajstić information content (AvgIpc) is 2.56. The first-order chi connectivity index (χ1) is 10.6. The highest BCUT2D eigenvalue weighted by atomic mass is 16.5. The number of hydrogen-bond donors (Lipinski definition) is 1. The second kappa shape index (κ2) is 8.42. The molecule has 1 N–H and O–H groups in total. The summed E-state index contributed by atoms with van der Waals surface area (Å²) in [5, 5.41) is 2.38. The van der Waals surface area contributed by atoms with Gasteiger partial charge >= 0.3 is 5.97 Å². The predicted molar refractivity (Wildman–Crippen MR) is 78.2 cm³/mol. The Kier molecular flexibility index (Phi) is 6.57. The van der Waals surface area contributed by atoms with Gasteiger partial charge in [-0.15, -0.1) is 6.42 Å². The fraction of sp³-hybridized carbons (Fsp3) is 0.333. The number of ether oxygens (including phenoxy) is 4. The van der Waals surface area contributed by atoms with Crippen LogP contribution in [-0.4, -0.2) is 46.4 Å². The molecule has 0 spiro atoms. The molecule has 0 aliphatic carbocycles. The van der Waals surface area contributed by atoms with E-state index >= 15 is 0 Å². The molecule has 7 heteroatoms. The third kappa shape index (κ3) is 4.31. The molecule has 118 valence electrons. The molecule has 1 aromatic rings. The Morgan fingerprint density at radius 3 is 2.23 bits per heavy atom. The third-order valence-electron chi connectivity index (χ3n) is 2.65. The first kappa shape index (κ1) is 17.2. The molecule has 0 radical (unpaired) electrons. The summed E-state index contributed by atoms with van der Waals surface area (Å²) >= 11 is 0. The smallest absolute Gasteiger partial charge is 0.342 e. The molecule has 0 aliphatic rings. The molecule has 1 aromatic carbocycles. The number of hydrogen-bond acceptors (Lipinski definition) is 6. The zero-order chi connectivity index (χ0) is 16.5. The SMILES string of the molecule is C#CCNC(=O)COC(=O)c1cc(OC)c(OC)cc1OC. The van der Waals surface area contributed by atoms with Crippen molar-refractivity contribution in [2.75, 3.05) is 34.5 Å². The van der Waals surface area contributed by atoms with Crippen molar-refractivity contribution < 1.29 is 28.5 Å². The standard InChI is InChI=1S/C15H17NO6/c1-5-6-16-14(17)9-22-15(18)10-7-12(20-3)13(21-4)8-11(10)19-2/h1,7-8H,6,9H2,2-4H3,(H,16,17). The fourth-order valence-corrected chi connectivity index (χ4v) is 1.60. The normalized spacial score (nSPS) is 9.36. The molecule has 1 rings (SSSR count). The van der Waals surface area contributed by atoms with Gasteiger partial charge in [0.1, 0.15) is 11.3 Å². The minimum absolute atomic E-state index is 0.0655. The number of esters is 1. The highest BCUT2D eigenvalue weighted by Gasteiger charge is 2.19. The van der Waals surface area contributed by atoms with Gasteiger partial charge in [0.15, 0.2) is 18.1 Å². The van der Waals surface area contributed by atoms with E-state index in [0.717, 1.165) is 0 Å². The topological polar surface area (TPSA) is 83.1 Å². The van der Waals surface area contributed by atoms with Crippen LogP contribution in [0.5, 0.6) is 17.2 Å². The minimum atomic E-state index is -0.728. The lowest BCUT2D eigenvalue weighted by atomic mass is 10.1. The van der Waals surface area contributed by atoms with Crippen LogP contribution in [0.3, 0.4) is 0 Å². The molecular weight excluding hydrogens is 290 g/mol. The lowest BCUT2D eigenvalue weighted by molar-refractivity contribution is -0.123. The maximum Gasteiger partial charge on any atom is 0.342 e. The maximum absolute atomic E-state index is 12.1. The van der Waals surface area contributed by atoms with Crippen LogP contribution in [-0.2, 0) is 9.53 Å². The van der Waals surface area contributed by atoms with Crippen LogP contribution in [0.2, 0.25) is 0 Å². The van der Waals surface area contributed by atoms with E-state index in [1.165, 1.54) is 33.5 Å². The number of methoxy groups -OCH3 is 3. The first-order valence-electron chi connectivity index (χ1n) is 6.24. The molecule has 0 fully saturated rings. The largest absolute Gasteiger partial charge is 0.496 e.